The number of ether oxygens (including phenoxy) is 1. The summed E-state index contributed by atoms with van der Waals surface area (Å²) in [6.07, 6.45) is 0. The van der Waals surface area contributed by atoms with E-state index in [9.17, 15) is 4.79 Å². The first-order valence-corrected chi connectivity index (χ1v) is 2.21. The Morgan fingerprint density at radius 2 is 2.71 bits per heavy atom. The van der Waals surface area contributed by atoms with Gasteiger partial charge in [0, 0.05) is 0 Å². The maximum atomic E-state index is 10.3. The molecule has 0 aliphatic carbocycles. The third-order valence-corrected chi connectivity index (χ3v) is 0.958. The molecule has 0 radical (unpaired) electrons. The summed E-state index contributed by atoms with van der Waals surface area (Å²) in [7, 11) is 0. The van der Waals surface area contributed by atoms with E-state index in [0.29, 0.717) is 6.73 Å². The maximum Gasteiger partial charge on any atom is 0.324 e. The summed E-state index contributed by atoms with van der Waals surface area (Å²) < 4.78 is 4.52. The predicted octanol–water partition coefficient (Wildman–Crippen LogP) is -0.521. The summed E-state index contributed by atoms with van der Waals surface area (Å²) in [5, 5.41) is 2.80. The average molecular weight is 101 g/mol. The van der Waals surface area contributed by atoms with Crippen LogP contribution in [0, 0.1) is 0 Å². The highest BCUT2D eigenvalue weighted by Crippen LogP contribution is 1.92. The van der Waals surface area contributed by atoms with Crippen LogP contribution in [0.25, 0.3) is 0 Å². The zero-order valence-corrected chi connectivity index (χ0v) is 4.10. The van der Waals surface area contributed by atoms with E-state index < -0.39 is 0 Å². The second kappa shape index (κ2) is 1.50. The summed E-state index contributed by atoms with van der Waals surface area (Å²) in [5.41, 5.74) is 0. The first kappa shape index (κ1) is 4.59. The Bertz CT molecular complexity index is 91.7. The molecule has 1 N–H and O–H groups in total. The van der Waals surface area contributed by atoms with Gasteiger partial charge in [-0.25, -0.2) is 0 Å². The molecule has 0 bridgehead atoms. The minimum atomic E-state index is -0.153. The second-order valence-electron chi connectivity index (χ2n) is 1.53. The van der Waals surface area contributed by atoms with E-state index >= 15 is 0 Å². The number of carbonyl (C=O) groups is 1. The molecule has 1 heterocycles. The molecule has 0 amide bonds. The van der Waals surface area contributed by atoms with Gasteiger partial charge in [-0.1, -0.05) is 0 Å². The first-order valence-electron chi connectivity index (χ1n) is 2.21. The standard InChI is InChI=1S/C4H7NO2/c1-3-4(6)7-2-5-3/h3,5H,2H2,1H3. The normalized spacial score (nSPS) is 30.4. The van der Waals surface area contributed by atoms with Crippen molar-refractivity contribution in [3.63, 3.8) is 0 Å². The van der Waals surface area contributed by atoms with Gasteiger partial charge in [0.1, 0.15) is 12.8 Å². The third kappa shape index (κ3) is 0.718. The molecule has 3 nitrogen and oxygen atoms in total. The SMILES string of the molecule is CC1NCOC1=O. The fourth-order valence-electron chi connectivity index (χ4n) is 0.446. The monoisotopic (exact) mass is 101 g/mol. The fraction of sp³-hybridized carbons (Fsp3) is 0.750. The number of cyclic esters (lactones) is 1. The van der Waals surface area contributed by atoms with Crippen LogP contribution >= 0.6 is 0 Å². The van der Waals surface area contributed by atoms with Crippen LogP contribution in [0.1, 0.15) is 6.92 Å². The van der Waals surface area contributed by atoms with Crippen LogP contribution in [-0.4, -0.2) is 18.7 Å². The van der Waals surface area contributed by atoms with Gasteiger partial charge in [-0.2, -0.15) is 0 Å². The van der Waals surface area contributed by atoms with Crippen molar-refractivity contribution in [3.8, 4) is 0 Å². The molecule has 1 aliphatic heterocycles. The lowest BCUT2D eigenvalue weighted by Gasteiger charge is -1.89. The highest BCUT2D eigenvalue weighted by atomic mass is 16.6. The van der Waals surface area contributed by atoms with Crippen LogP contribution in [0.5, 0.6) is 0 Å². The molecule has 1 unspecified atom stereocenters. The third-order valence-electron chi connectivity index (χ3n) is 0.958. The molecular weight excluding hydrogens is 94.0 g/mol. The lowest BCUT2D eigenvalue weighted by molar-refractivity contribution is -0.138. The van der Waals surface area contributed by atoms with Crippen molar-refractivity contribution in [1.82, 2.24) is 5.32 Å². The maximum absolute atomic E-state index is 10.3. The molecule has 0 aromatic carbocycles. The van der Waals surface area contributed by atoms with E-state index in [0.717, 1.165) is 0 Å². The van der Waals surface area contributed by atoms with E-state index in [4.69, 9.17) is 0 Å². The van der Waals surface area contributed by atoms with Crippen LogP contribution in [0.3, 0.4) is 0 Å². The van der Waals surface area contributed by atoms with Crippen LogP contribution in [-0.2, 0) is 9.53 Å². The lowest BCUT2D eigenvalue weighted by atomic mass is 10.4. The quantitative estimate of drug-likeness (QED) is 0.417. The highest BCUT2D eigenvalue weighted by molar-refractivity contribution is 5.76. The molecule has 0 aromatic heterocycles. The summed E-state index contributed by atoms with van der Waals surface area (Å²) >= 11 is 0. The van der Waals surface area contributed by atoms with Gasteiger partial charge in [0.25, 0.3) is 0 Å². The molecule has 0 aromatic rings. The van der Waals surface area contributed by atoms with Gasteiger partial charge in [0.15, 0.2) is 0 Å². The Hall–Kier alpha value is -0.570. The van der Waals surface area contributed by atoms with Gasteiger partial charge >= 0.3 is 5.97 Å². The Morgan fingerprint density at radius 1 is 2.00 bits per heavy atom. The van der Waals surface area contributed by atoms with Crippen LogP contribution in [0.2, 0.25) is 0 Å². The van der Waals surface area contributed by atoms with Crippen molar-refractivity contribution in [1.29, 1.82) is 0 Å². The molecule has 1 fully saturated rings. The Balaban J connectivity index is 2.48. The lowest BCUT2D eigenvalue weighted by Crippen LogP contribution is -2.22. The van der Waals surface area contributed by atoms with Crippen molar-refractivity contribution in [3.05, 3.63) is 0 Å². The van der Waals surface area contributed by atoms with Gasteiger partial charge in [-0.3, -0.25) is 10.1 Å². The van der Waals surface area contributed by atoms with E-state index in [1.165, 1.54) is 0 Å². The number of hydrogen-bond acceptors (Lipinski definition) is 3. The number of carbonyl (C=O) groups excluding carboxylic acids is 1. The van der Waals surface area contributed by atoms with Gasteiger partial charge in [0.2, 0.25) is 0 Å². The van der Waals surface area contributed by atoms with E-state index in [1.54, 1.807) is 6.92 Å². The summed E-state index contributed by atoms with van der Waals surface area (Å²) in [4.78, 5) is 10.3. The summed E-state index contributed by atoms with van der Waals surface area (Å²) in [6.45, 7) is 2.15. The smallest absolute Gasteiger partial charge is 0.324 e. The van der Waals surface area contributed by atoms with Crippen LogP contribution in [0.15, 0.2) is 0 Å². The highest BCUT2D eigenvalue weighted by Gasteiger charge is 2.19. The van der Waals surface area contributed by atoms with Crippen molar-refractivity contribution in [2.75, 3.05) is 6.73 Å². The topological polar surface area (TPSA) is 38.3 Å². The van der Waals surface area contributed by atoms with E-state index in [1.807, 2.05) is 0 Å². The molecule has 1 rings (SSSR count). The molecule has 7 heavy (non-hydrogen) atoms. The first-order chi connectivity index (χ1) is 3.30. The van der Waals surface area contributed by atoms with E-state index in [2.05, 4.69) is 10.1 Å². The van der Waals surface area contributed by atoms with E-state index in [-0.39, 0.29) is 12.0 Å². The van der Waals surface area contributed by atoms with Crippen molar-refractivity contribution in [2.24, 2.45) is 0 Å². The molecular formula is C4H7NO2. The molecule has 40 valence electrons. The number of rotatable bonds is 0. The Kier molecular flexibility index (Phi) is 0.982. The largest absolute Gasteiger partial charge is 0.449 e. The van der Waals surface area contributed by atoms with Crippen molar-refractivity contribution >= 4 is 5.97 Å². The molecule has 0 spiro atoms. The molecule has 1 aliphatic rings. The molecule has 3 heteroatoms. The zero-order chi connectivity index (χ0) is 5.28. The summed E-state index contributed by atoms with van der Waals surface area (Å²) in [6, 6.07) is -0.0972. The van der Waals surface area contributed by atoms with Crippen molar-refractivity contribution < 1.29 is 9.53 Å². The predicted molar refractivity (Wildman–Crippen MR) is 23.6 cm³/mol. The van der Waals surface area contributed by atoms with Gasteiger partial charge in [-0.05, 0) is 6.92 Å². The summed E-state index contributed by atoms with van der Waals surface area (Å²) in [5.74, 6) is -0.153. The van der Waals surface area contributed by atoms with Crippen molar-refractivity contribution in [2.45, 2.75) is 13.0 Å². The minimum Gasteiger partial charge on any atom is -0.449 e. The fourth-order valence-corrected chi connectivity index (χ4v) is 0.446. The average Bonchev–Trinajstić information content (AvgIpc) is 1.91. The number of esters is 1. The minimum absolute atomic E-state index is 0.0972. The number of hydrogen-bond donors (Lipinski definition) is 1. The molecule has 0 saturated carbocycles. The van der Waals surface area contributed by atoms with Gasteiger partial charge < -0.3 is 4.74 Å². The van der Waals surface area contributed by atoms with Crippen LogP contribution < -0.4 is 5.32 Å². The number of nitrogens with one attached hydrogen (secondary N) is 1. The molecule has 1 saturated heterocycles. The van der Waals surface area contributed by atoms with Gasteiger partial charge in [0.05, 0.1) is 0 Å². The van der Waals surface area contributed by atoms with Crippen LogP contribution in [0.4, 0.5) is 0 Å². The van der Waals surface area contributed by atoms with Gasteiger partial charge in [-0.15, -0.1) is 0 Å². The zero-order valence-electron chi connectivity index (χ0n) is 4.10. The Labute approximate surface area is 41.7 Å². The Morgan fingerprint density at radius 3 is 2.86 bits per heavy atom. The molecule has 1 atom stereocenters. The second-order valence-corrected chi connectivity index (χ2v) is 1.53.